The van der Waals surface area contributed by atoms with Gasteiger partial charge in [-0.3, -0.25) is 9.07 Å². The lowest BCUT2D eigenvalue weighted by molar-refractivity contribution is 0.279. The van der Waals surface area contributed by atoms with Crippen molar-refractivity contribution in [3.8, 4) is 0 Å². The average molecular weight is 214 g/mol. The highest BCUT2D eigenvalue weighted by Crippen LogP contribution is 2.16. The van der Waals surface area contributed by atoms with Crippen LogP contribution < -0.4 is 0 Å². The molecule has 0 radical (unpaired) electrons. The molecule has 1 aromatic heterocycles. The summed E-state index contributed by atoms with van der Waals surface area (Å²) in [5.41, 5.74) is 2.91. The third-order valence-electron chi connectivity index (χ3n) is 2.58. The number of rotatable bonds is 6. The molecule has 1 aromatic rings. The van der Waals surface area contributed by atoms with Crippen LogP contribution in [0.4, 0.5) is 4.39 Å². The van der Waals surface area contributed by atoms with Crippen LogP contribution in [-0.4, -0.2) is 21.6 Å². The van der Waals surface area contributed by atoms with Gasteiger partial charge in [0.05, 0.1) is 19.0 Å². The molecule has 0 spiro atoms. The summed E-state index contributed by atoms with van der Waals surface area (Å²) in [6.45, 7) is 4.36. The molecular formula is C11H19FN2O. The molecule has 86 valence electrons. The molecule has 1 heterocycles. The molecule has 4 heteroatoms. The van der Waals surface area contributed by atoms with Gasteiger partial charge in [0.1, 0.15) is 0 Å². The van der Waals surface area contributed by atoms with Gasteiger partial charge in [-0.1, -0.05) is 13.8 Å². The van der Waals surface area contributed by atoms with Gasteiger partial charge in [-0.15, -0.1) is 0 Å². The first-order chi connectivity index (χ1) is 7.28. The molecule has 0 saturated carbocycles. The van der Waals surface area contributed by atoms with E-state index in [0.717, 1.165) is 29.8 Å². The van der Waals surface area contributed by atoms with Crippen molar-refractivity contribution in [3.63, 3.8) is 0 Å². The molecule has 0 aromatic carbocycles. The minimum atomic E-state index is -0.321. The van der Waals surface area contributed by atoms with Gasteiger partial charge in [-0.25, -0.2) is 0 Å². The topological polar surface area (TPSA) is 38.0 Å². The predicted molar refractivity (Wildman–Crippen MR) is 57.5 cm³/mol. The molecule has 1 N–H and O–H groups in total. The SMILES string of the molecule is CCc1nn(CCCF)c(CC)c1CO. The number of nitrogens with zero attached hydrogens (tertiary/aromatic N) is 2. The Morgan fingerprint density at radius 2 is 2.07 bits per heavy atom. The molecule has 0 aliphatic rings. The summed E-state index contributed by atoms with van der Waals surface area (Å²) in [7, 11) is 0. The zero-order valence-electron chi connectivity index (χ0n) is 9.46. The molecular weight excluding hydrogens is 195 g/mol. The van der Waals surface area contributed by atoms with Crippen LogP contribution in [0.25, 0.3) is 0 Å². The van der Waals surface area contributed by atoms with Gasteiger partial charge in [-0.2, -0.15) is 5.10 Å². The van der Waals surface area contributed by atoms with Crippen LogP contribution in [0.15, 0.2) is 0 Å². The summed E-state index contributed by atoms with van der Waals surface area (Å²) >= 11 is 0. The zero-order valence-corrected chi connectivity index (χ0v) is 9.46. The zero-order chi connectivity index (χ0) is 11.3. The van der Waals surface area contributed by atoms with Gasteiger partial charge >= 0.3 is 0 Å². The van der Waals surface area contributed by atoms with E-state index in [9.17, 15) is 9.50 Å². The van der Waals surface area contributed by atoms with Crippen molar-refractivity contribution < 1.29 is 9.50 Å². The number of hydrogen-bond acceptors (Lipinski definition) is 2. The minimum absolute atomic E-state index is 0.0297. The van der Waals surface area contributed by atoms with E-state index in [-0.39, 0.29) is 13.3 Å². The fourth-order valence-electron chi connectivity index (χ4n) is 1.85. The minimum Gasteiger partial charge on any atom is -0.392 e. The highest BCUT2D eigenvalue weighted by Gasteiger charge is 2.13. The summed E-state index contributed by atoms with van der Waals surface area (Å²) in [5, 5.41) is 13.7. The molecule has 0 fully saturated rings. The number of alkyl halides is 1. The van der Waals surface area contributed by atoms with Crippen LogP contribution in [0.3, 0.4) is 0 Å². The predicted octanol–water partition coefficient (Wildman–Crippen LogP) is 1.86. The smallest absolute Gasteiger partial charge is 0.0912 e. The Labute approximate surface area is 89.9 Å². The quantitative estimate of drug-likeness (QED) is 0.785. The summed E-state index contributed by atoms with van der Waals surface area (Å²) in [6.07, 6.45) is 2.13. The van der Waals surface area contributed by atoms with Crippen LogP contribution in [0.1, 0.15) is 37.2 Å². The summed E-state index contributed by atoms with van der Waals surface area (Å²) in [4.78, 5) is 0. The van der Waals surface area contributed by atoms with E-state index >= 15 is 0 Å². The second-order valence-corrected chi connectivity index (χ2v) is 3.50. The average Bonchev–Trinajstić information content (AvgIpc) is 2.62. The van der Waals surface area contributed by atoms with Crippen LogP contribution in [0.2, 0.25) is 0 Å². The van der Waals surface area contributed by atoms with Crippen molar-refractivity contribution in [1.82, 2.24) is 9.78 Å². The number of aliphatic hydroxyl groups excluding tert-OH is 1. The van der Waals surface area contributed by atoms with Crippen molar-refractivity contribution in [2.45, 2.75) is 46.3 Å². The highest BCUT2D eigenvalue weighted by molar-refractivity contribution is 5.25. The lowest BCUT2D eigenvalue weighted by Gasteiger charge is -2.05. The van der Waals surface area contributed by atoms with E-state index in [0.29, 0.717) is 13.0 Å². The third-order valence-corrected chi connectivity index (χ3v) is 2.58. The molecule has 0 atom stereocenters. The Kier molecular flexibility index (Phi) is 4.75. The van der Waals surface area contributed by atoms with Gasteiger partial charge in [0, 0.05) is 17.8 Å². The number of hydrogen-bond donors (Lipinski definition) is 1. The monoisotopic (exact) mass is 214 g/mol. The lowest BCUT2D eigenvalue weighted by atomic mass is 10.1. The molecule has 0 aliphatic carbocycles. The molecule has 0 aliphatic heterocycles. The Hall–Kier alpha value is -0.900. The number of aromatic nitrogens is 2. The van der Waals surface area contributed by atoms with Crippen LogP contribution in [0.5, 0.6) is 0 Å². The van der Waals surface area contributed by atoms with Gasteiger partial charge in [0.25, 0.3) is 0 Å². The highest BCUT2D eigenvalue weighted by atomic mass is 19.1. The second-order valence-electron chi connectivity index (χ2n) is 3.50. The first kappa shape index (κ1) is 12.2. The number of aryl methyl sites for hydroxylation is 2. The Bertz CT molecular complexity index is 310. The van der Waals surface area contributed by atoms with Crippen LogP contribution in [-0.2, 0) is 26.0 Å². The van der Waals surface area contributed by atoms with E-state index in [2.05, 4.69) is 5.10 Å². The van der Waals surface area contributed by atoms with Gasteiger partial charge < -0.3 is 5.11 Å². The van der Waals surface area contributed by atoms with E-state index in [1.807, 2.05) is 18.5 Å². The second kappa shape index (κ2) is 5.85. The fourth-order valence-corrected chi connectivity index (χ4v) is 1.85. The molecule has 0 bridgehead atoms. The van der Waals surface area contributed by atoms with Crippen molar-refractivity contribution in [3.05, 3.63) is 17.0 Å². The Morgan fingerprint density at radius 3 is 2.53 bits per heavy atom. The summed E-state index contributed by atoms with van der Waals surface area (Å²) < 4.78 is 13.9. The Balaban J connectivity index is 2.98. The Morgan fingerprint density at radius 1 is 1.33 bits per heavy atom. The van der Waals surface area contributed by atoms with Crippen LogP contribution >= 0.6 is 0 Å². The molecule has 3 nitrogen and oxygen atoms in total. The third kappa shape index (κ3) is 2.56. The molecule has 0 unspecified atom stereocenters. The van der Waals surface area contributed by atoms with E-state index in [4.69, 9.17) is 0 Å². The van der Waals surface area contributed by atoms with Crippen molar-refractivity contribution >= 4 is 0 Å². The van der Waals surface area contributed by atoms with Gasteiger partial charge in [0.15, 0.2) is 0 Å². The summed E-state index contributed by atoms with van der Waals surface area (Å²) in [5.74, 6) is 0. The maximum Gasteiger partial charge on any atom is 0.0912 e. The van der Waals surface area contributed by atoms with E-state index in [1.54, 1.807) is 0 Å². The fraction of sp³-hybridized carbons (Fsp3) is 0.727. The maximum absolute atomic E-state index is 12.1. The van der Waals surface area contributed by atoms with Gasteiger partial charge in [-0.05, 0) is 19.3 Å². The molecule has 0 saturated heterocycles. The van der Waals surface area contributed by atoms with Crippen molar-refractivity contribution in [2.24, 2.45) is 0 Å². The maximum atomic E-state index is 12.1. The largest absolute Gasteiger partial charge is 0.392 e. The molecule has 15 heavy (non-hydrogen) atoms. The lowest BCUT2D eigenvalue weighted by Crippen LogP contribution is -2.06. The first-order valence-electron chi connectivity index (χ1n) is 5.52. The van der Waals surface area contributed by atoms with Gasteiger partial charge in [0.2, 0.25) is 0 Å². The van der Waals surface area contributed by atoms with Crippen molar-refractivity contribution in [2.75, 3.05) is 6.67 Å². The summed E-state index contributed by atoms with van der Waals surface area (Å²) in [6, 6.07) is 0. The standard InChI is InChI=1S/C11H19FN2O/c1-3-10-9(8-15)11(4-2)14(13-10)7-5-6-12/h15H,3-8H2,1-2H3. The first-order valence-corrected chi connectivity index (χ1v) is 5.52. The number of halogens is 1. The molecule has 0 amide bonds. The van der Waals surface area contributed by atoms with E-state index < -0.39 is 0 Å². The normalized spacial score (nSPS) is 10.9. The van der Waals surface area contributed by atoms with Crippen LogP contribution in [0, 0.1) is 0 Å². The van der Waals surface area contributed by atoms with E-state index in [1.165, 1.54) is 0 Å². The number of aliphatic hydroxyl groups is 1. The van der Waals surface area contributed by atoms with Crippen molar-refractivity contribution in [1.29, 1.82) is 0 Å². The molecule has 1 rings (SSSR count).